The lowest BCUT2D eigenvalue weighted by atomic mass is 10.1. The molecule has 0 fully saturated rings. The van der Waals surface area contributed by atoms with Crippen molar-refractivity contribution in [2.24, 2.45) is 0 Å². The van der Waals surface area contributed by atoms with E-state index in [0.717, 1.165) is 21.5 Å². The van der Waals surface area contributed by atoms with Gasteiger partial charge < -0.3 is 9.73 Å². The van der Waals surface area contributed by atoms with Crippen LogP contribution in [0.2, 0.25) is 0 Å². The quantitative estimate of drug-likeness (QED) is 0.792. The molecule has 3 aromatic rings. The lowest BCUT2D eigenvalue weighted by Crippen LogP contribution is -2.33. The summed E-state index contributed by atoms with van der Waals surface area (Å²) in [7, 11) is 0. The fourth-order valence-electron chi connectivity index (χ4n) is 2.49. The molecule has 2 heterocycles. The molecule has 128 valence electrons. The average Bonchev–Trinajstić information content (AvgIpc) is 3.13. The zero-order valence-electron chi connectivity index (χ0n) is 14.3. The van der Waals surface area contributed by atoms with E-state index in [1.54, 1.807) is 25.1 Å². The van der Waals surface area contributed by atoms with Crippen molar-refractivity contribution in [2.75, 3.05) is 5.32 Å². The van der Waals surface area contributed by atoms with Gasteiger partial charge >= 0.3 is 0 Å². The Morgan fingerprint density at radius 2 is 1.96 bits per heavy atom. The van der Waals surface area contributed by atoms with Crippen molar-refractivity contribution in [1.82, 2.24) is 9.78 Å². The van der Waals surface area contributed by atoms with Gasteiger partial charge in [-0.25, -0.2) is 4.68 Å². The second kappa shape index (κ2) is 6.76. The van der Waals surface area contributed by atoms with Crippen LogP contribution in [0.15, 0.2) is 57.9 Å². The van der Waals surface area contributed by atoms with Crippen LogP contribution in [0.5, 0.6) is 0 Å². The number of hydrogen-bond donors (Lipinski definition) is 1. The monoisotopic (exact) mass is 337 g/mol. The molecule has 0 aliphatic heterocycles. The summed E-state index contributed by atoms with van der Waals surface area (Å²) in [5, 5.41) is 7.14. The molecule has 6 nitrogen and oxygen atoms in total. The van der Waals surface area contributed by atoms with Crippen molar-refractivity contribution < 1.29 is 9.21 Å². The third kappa shape index (κ3) is 3.38. The summed E-state index contributed by atoms with van der Waals surface area (Å²) in [4.78, 5) is 24.7. The maximum Gasteiger partial charge on any atom is 0.267 e. The summed E-state index contributed by atoms with van der Waals surface area (Å²) < 4.78 is 6.47. The number of amides is 1. The topological polar surface area (TPSA) is 77.1 Å². The summed E-state index contributed by atoms with van der Waals surface area (Å²) in [6.45, 7) is 5.56. The van der Waals surface area contributed by atoms with Gasteiger partial charge in [-0.1, -0.05) is 12.1 Å². The van der Waals surface area contributed by atoms with Gasteiger partial charge in [-0.3, -0.25) is 9.59 Å². The van der Waals surface area contributed by atoms with Gasteiger partial charge in [0.2, 0.25) is 5.91 Å². The number of aromatic nitrogens is 2. The average molecular weight is 337 g/mol. The first-order valence-corrected chi connectivity index (χ1v) is 7.98. The van der Waals surface area contributed by atoms with Crippen molar-refractivity contribution in [1.29, 1.82) is 0 Å². The second-order valence-electron chi connectivity index (χ2n) is 5.89. The van der Waals surface area contributed by atoms with Gasteiger partial charge in [0.25, 0.3) is 5.56 Å². The number of benzene rings is 1. The van der Waals surface area contributed by atoms with Crippen molar-refractivity contribution in [2.45, 2.75) is 26.8 Å². The summed E-state index contributed by atoms with van der Waals surface area (Å²) in [5.74, 6) is 0.232. The van der Waals surface area contributed by atoms with E-state index in [1.165, 1.54) is 12.3 Å². The summed E-state index contributed by atoms with van der Waals surface area (Å²) in [6, 6.07) is 11.4. The first-order chi connectivity index (χ1) is 12.0. The highest BCUT2D eigenvalue weighted by Crippen LogP contribution is 2.20. The van der Waals surface area contributed by atoms with E-state index in [4.69, 9.17) is 4.42 Å². The molecule has 0 bridgehead atoms. The molecule has 1 aromatic carbocycles. The number of aryl methyl sites for hydroxylation is 1. The number of rotatable bonds is 4. The molecule has 1 N–H and O–H groups in total. The summed E-state index contributed by atoms with van der Waals surface area (Å²) in [5.41, 5.74) is 2.95. The van der Waals surface area contributed by atoms with E-state index in [0.29, 0.717) is 11.5 Å². The minimum atomic E-state index is -0.762. The molecule has 2 aromatic heterocycles. The van der Waals surface area contributed by atoms with Crippen molar-refractivity contribution >= 4 is 11.6 Å². The summed E-state index contributed by atoms with van der Waals surface area (Å²) >= 11 is 0. The van der Waals surface area contributed by atoms with Crippen LogP contribution < -0.4 is 10.9 Å². The van der Waals surface area contributed by atoms with Gasteiger partial charge in [-0.2, -0.15) is 5.10 Å². The molecule has 0 aliphatic carbocycles. The van der Waals surface area contributed by atoms with Crippen LogP contribution in [0, 0.1) is 13.8 Å². The molecule has 1 amide bonds. The first kappa shape index (κ1) is 16.7. The van der Waals surface area contributed by atoms with Crippen LogP contribution >= 0.6 is 0 Å². The minimum absolute atomic E-state index is 0.306. The fourth-order valence-corrected chi connectivity index (χ4v) is 2.49. The number of carbonyl (C=O) groups excluding carboxylic acids is 1. The molecule has 0 saturated heterocycles. The molecule has 6 heteroatoms. The second-order valence-corrected chi connectivity index (χ2v) is 5.89. The van der Waals surface area contributed by atoms with Gasteiger partial charge in [-0.15, -0.1) is 0 Å². The van der Waals surface area contributed by atoms with Crippen molar-refractivity contribution in [3.05, 3.63) is 70.2 Å². The van der Waals surface area contributed by atoms with Gasteiger partial charge in [0.15, 0.2) is 5.76 Å². The highest BCUT2D eigenvalue weighted by Gasteiger charge is 2.19. The van der Waals surface area contributed by atoms with Crippen molar-refractivity contribution in [3.63, 3.8) is 0 Å². The zero-order chi connectivity index (χ0) is 18.0. The third-order valence-electron chi connectivity index (χ3n) is 4.21. The highest BCUT2D eigenvalue weighted by molar-refractivity contribution is 5.94. The fraction of sp³-hybridized carbons (Fsp3) is 0.211. The first-order valence-electron chi connectivity index (χ1n) is 7.98. The predicted molar refractivity (Wildman–Crippen MR) is 95.5 cm³/mol. The van der Waals surface area contributed by atoms with Gasteiger partial charge in [0.05, 0.1) is 6.26 Å². The number of nitrogens with one attached hydrogen (secondary N) is 1. The SMILES string of the molecule is Cc1cccc(NC(=O)C(C)n2nc(-c3ccco3)ccc2=O)c1C. The van der Waals surface area contributed by atoms with Crippen LogP contribution in [-0.4, -0.2) is 15.7 Å². The Bertz CT molecular complexity index is 958. The van der Waals surface area contributed by atoms with Crippen LogP contribution in [0.25, 0.3) is 11.5 Å². The Balaban J connectivity index is 1.88. The minimum Gasteiger partial charge on any atom is -0.463 e. The molecule has 0 radical (unpaired) electrons. The summed E-state index contributed by atoms with van der Waals surface area (Å²) in [6.07, 6.45) is 1.53. The Morgan fingerprint density at radius 1 is 1.16 bits per heavy atom. The van der Waals surface area contributed by atoms with Crippen LogP contribution in [-0.2, 0) is 4.79 Å². The van der Waals surface area contributed by atoms with E-state index < -0.39 is 6.04 Å². The number of hydrogen-bond acceptors (Lipinski definition) is 4. The number of furan rings is 1. The molecule has 1 unspecified atom stereocenters. The van der Waals surface area contributed by atoms with E-state index in [-0.39, 0.29) is 11.5 Å². The third-order valence-corrected chi connectivity index (χ3v) is 4.21. The molecule has 1 atom stereocenters. The Hall–Kier alpha value is -3.15. The Morgan fingerprint density at radius 3 is 2.68 bits per heavy atom. The van der Waals surface area contributed by atoms with E-state index in [1.807, 2.05) is 32.0 Å². The van der Waals surface area contributed by atoms with Crippen LogP contribution in [0.3, 0.4) is 0 Å². The normalized spacial score (nSPS) is 12.0. The number of nitrogens with zero attached hydrogens (tertiary/aromatic N) is 2. The van der Waals surface area contributed by atoms with E-state index in [9.17, 15) is 9.59 Å². The maximum atomic E-state index is 12.6. The lowest BCUT2D eigenvalue weighted by Gasteiger charge is -2.16. The molecule has 0 spiro atoms. The standard InChI is InChI=1S/C19H19N3O3/c1-12-6-4-7-15(13(12)2)20-19(24)14(3)22-18(23)10-9-16(21-22)17-8-5-11-25-17/h4-11,14H,1-3H3,(H,20,24). The van der Waals surface area contributed by atoms with Gasteiger partial charge in [0, 0.05) is 11.8 Å². The Kier molecular flexibility index (Phi) is 4.52. The van der Waals surface area contributed by atoms with Gasteiger partial charge in [0.1, 0.15) is 11.7 Å². The molecule has 0 saturated carbocycles. The van der Waals surface area contributed by atoms with Crippen molar-refractivity contribution in [3.8, 4) is 11.5 Å². The molecule has 0 aliphatic rings. The highest BCUT2D eigenvalue weighted by atomic mass is 16.3. The molecule has 3 rings (SSSR count). The largest absolute Gasteiger partial charge is 0.463 e. The smallest absolute Gasteiger partial charge is 0.267 e. The lowest BCUT2D eigenvalue weighted by molar-refractivity contribution is -0.119. The molecule has 25 heavy (non-hydrogen) atoms. The maximum absolute atomic E-state index is 12.6. The number of anilines is 1. The predicted octanol–water partition coefficient (Wildman–Crippen LogP) is 3.32. The van der Waals surface area contributed by atoms with Crippen LogP contribution in [0.1, 0.15) is 24.1 Å². The van der Waals surface area contributed by atoms with E-state index in [2.05, 4.69) is 10.4 Å². The Labute approximate surface area is 145 Å². The molecular weight excluding hydrogens is 318 g/mol. The van der Waals surface area contributed by atoms with Gasteiger partial charge in [-0.05, 0) is 56.2 Å². The number of carbonyl (C=O) groups is 1. The zero-order valence-corrected chi connectivity index (χ0v) is 14.3. The van der Waals surface area contributed by atoms with E-state index >= 15 is 0 Å². The van der Waals surface area contributed by atoms with Crippen LogP contribution in [0.4, 0.5) is 5.69 Å². The molecular formula is C19H19N3O3.